The number of piperidine rings is 1. The van der Waals surface area contributed by atoms with E-state index < -0.39 is 0 Å². The third-order valence-corrected chi connectivity index (χ3v) is 8.22. The maximum Gasteiger partial charge on any atom is 0.223 e. The van der Waals surface area contributed by atoms with Gasteiger partial charge in [-0.05, 0) is 62.5 Å². The van der Waals surface area contributed by atoms with Gasteiger partial charge < -0.3 is 9.64 Å². The highest BCUT2D eigenvalue weighted by atomic mass is 16.5. The molecule has 3 aliphatic rings. The summed E-state index contributed by atoms with van der Waals surface area (Å²) in [5, 5.41) is 15.3. The van der Waals surface area contributed by atoms with Crippen LogP contribution in [0, 0.1) is 17.2 Å². The number of hydrogen-bond donors (Lipinski definition) is 0. The summed E-state index contributed by atoms with van der Waals surface area (Å²) in [7, 11) is 3.74. The number of nitriles is 1. The molecule has 1 saturated heterocycles. The van der Waals surface area contributed by atoms with E-state index in [1.807, 2.05) is 11.7 Å². The molecule has 1 aliphatic heterocycles. The van der Waals surface area contributed by atoms with Gasteiger partial charge in [-0.1, -0.05) is 19.8 Å². The lowest BCUT2D eigenvalue weighted by Crippen LogP contribution is -2.53. The van der Waals surface area contributed by atoms with Crippen LogP contribution in [0.25, 0.3) is 10.9 Å². The molecule has 4 unspecified atom stereocenters. The Hall–Kier alpha value is -2.55. The summed E-state index contributed by atoms with van der Waals surface area (Å²) in [6, 6.07) is 7.02. The Bertz CT molecular complexity index is 1080. The van der Waals surface area contributed by atoms with Gasteiger partial charge in [0.2, 0.25) is 5.91 Å². The molecule has 2 saturated carbocycles. The second kappa shape index (κ2) is 9.00. The summed E-state index contributed by atoms with van der Waals surface area (Å²) in [6.07, 6.45) is 9.98. The molecule has 33 heavy (non-hydrogen) atoms. The second-order valence-electron chi connectivity index (χ2n) is 10.5. The highest BCUT2D eigenvalue weighted by molar-refractivity contribution is 5.90. The Morgan fingerprint density at radius 1 is 1.27 bits per heavy atom. The minimum Gasteiger partial charge on any atom is -0.496 e. The number of fused-ring (bicyclic) bond motifs is 3. The molecule has 6 nitrogen and oxygen atoms in total. The topological polar surface area (TPSA) is 71.2 Å². The summed E-state index contributed by atoms with van der Waals surface area (Å²) >= 11 is 0. The molecule has 176 valence electrons. The van der Waals surface area contributed by atoms with Crippen LogP contribution in [0.15, 0.2) is 12.1 Å². The molecule has 0 spiro atoms. The molecule has 2 bridgehead atoms. The minimum absolute atomic E-state index is 0.0312. The average Bonchev–Trinajstić information content (AvgIpc) is 3.59. The van der Waals surface area contributed by atoms with Crippen LogP contribution in [0.2, 0.25) is 0 Å². The molecule has 0 radical (unpaired) electrons. The van der Waals surface area contributed by atoms with Crippen LogP contribution < -0.4 is 4.74 Å². The number of benzene rings is 1. The largest absolute Gasteiger partial charge is 0.496 e. The summed E-state index contributed by atoms with van der Waals surface area (Å²) in [5.74, 6) is 2.47. The smallest absolute Gasteiger partial charge is 0.223 e. The molecule has 1 aromatic carbocycles. The van der Waals surface area contributed by atoms with Crippen LogP contribution >= 0.6 is 0 Å². The van der Waals surface area contributed by atoms with Gasteiger partial charge in [0.05, 0.1) is 24.4 Å². The molecular formula is C27H36N4O2. The van der Waals surface area contributed by atoms with Crippen LogP contribution in [-0.4, -0.2) is 39.8 Å². The molecule has 1 amide bonds. The van der Waals surface area contributed by atoms with Gasteiger partial charge in [-0.2, -0.15) is 10.4 Å². The van der Waals surface area contributed by atoms with Crippen molar-refractivity contribution in [2.75, 3.05) is 7.11 Å². The molecule has 2 aliphatic carbocycles. The van der Waals surface area contributed by atoms with Crippen molar-refractivity contribution in [3.63, 3.8) is 0 Å². The molecule has 3 fully saturated rings. The fraction of sp³-hybridized carbons (Fsp3) is 0.667. The number of methoxy groups -OCH3 is 1. The van der Waals surface area contributed by atoms with Crippen molar-refractivity contribution in [1.82, 2.24) is 14.7 Å². The Balaban J connectivity index is 1.43. The van der Waals surface area contributed by atoms with Crippen molar-refractivity contribution in [1.29, 1.82) is 5.26 Å². The molecule has 1 aromatic heterocycles. The summed E-state index contributed by atoms with van der Waals surface area (Å²) in [4.78, 5) is 15.9. The van der Waals surface area contributed by atoms with Gasteiger partial charge in [0.15, 0.2) is 0 Å². The van der Waals surface area contributed by atoms with E-state index in [-0.39, 0.29) is 17.9 Å². The van der Waals surface area contributed by atoms with Gasteiger partial charge in [-0.3, -0.25) is 9.48 Å². The van der Waals surface area contributed by atoms with E-state index in [0.717, 1.165) is 48.6 Å². The standard InChI is InChI=1S/C27H36N4O2/c1-17(14-24(32)31-20-7-4-6-18(15-20)16-21(31)8-5-13-28)27-26-22(30(2)29-27)11-12-23(33-3)25(26)19-9-10-19/h11-12,17-21H,4-10,14-16H2,1-3H3. The third kappa shape index (κ3) is 4.11. The first kappa shape index (κ1) is 22.3. The molecular weight excluding hydrogens is 412 g/mol. The molecule has 2 aromatic rings. The number of nitrogens with zero attached hydrogens (tertiary/aromatic N) is 4. The van der Waals surface area contributed by atoms with Crippen molar-refractivity contribution in [2.45, 2.75) is 95.1 Å². The van der Waals surface area contributed by atoms with Gasteiger partial charge >= 0.3 is 0 Å². The molecule has 0 N–H and O–H groups in total. The lowest BCUT2D eigenvalue weighted by molar-refractivity contribution is -0.141. The monoisotopic (exact) mass is 448 g/mol. The quantitative estimate of drug-likeness (QED) is 0.567. The number of aromatic nitrogens is 2. The number of carbonyl (C=O) groups is 1. The third-order valence-electron chi connectivity index (χ3n) is 8.22. The lowest BCUT2D eigenvalue weighted by atomic mass is 9.75. The highest BCUT2D eigenvalue weighted by Gasteiger charge is 2.40. The first-order chi connectivity index (χ1) is 16.0. The van der Waals surface area contributed by atoms with E-state index in [9.17, 15) is 4.79 Å². The van der Waals surface area contributed by atoms with Crippen molar-refractivity contribution in [3.05, 3.63) is 23.4 Å². The average molecular weight is 449 g/mol. The molecule has 5 rings (SSSR count). The van der Waals surface area contributed by atoms with E-state index in [1.165, 1.54) is 36.6 Å². The molecule has 4 atom stereocenters. The number of carbonyl (C=O) groups excluding carboxylic acids is 1. The van der Waals surface area contributed by atoms with E-state index in [4.69, 9.17) is 15.1 Å². The van der Waals surface area contributed by atoms with Gasteiger partial charge in [0.1, 0.15) is 5.75 Å². The highest BCUT2D eigenvalue weighted by Crippen LogP contribution is 2.49. The summed E-state index contributed by atoms with van der Waals surface area (Å²) < 4.78 is 7.69. The molecule has 2 heterocycles. The Morgan fingerprint density at radius 2 is 2.09 bits per heavy atom. The van der Waals surface area contributed by atoms with E-state index in [1.54, 1.807) is 7.11 Å². The number of hydrogen-bond acceptors (Lipinski definition) is 4. The van der Waals surface area contributed by atoms with Gasteiger partial charge in [-0.25, -0.2) is 0 Å². The Kier molecular flexibility index (Phi) is 6.07. The zero-order valence-corrected chi connectivity index (χ0v) is 20.2. The van der Waals surface area contributed by atoms with Gasteiger partial charge in [-0.15, -0.1) is 0 Å². The number of likely N-dealkylation sites (tertiary alicyclic amines) is 1. The lowest BCUT2D eigenvalue weighted by Gasteiger charge is -2.48. The minimum atomic E-state index is 0.0312. The van der Waals surface area contributed by atoms with Crippen LogP contribution in [0.4, 0.5) is 0 Å². The Morgan fingerprint density at radius 3 is 2.82 bits per heavy atom. The van der Waals surface area contributed by atoms with E-state index in [2.05, 4.69) is 30.0 Å². The maximum absolute atomic E-state index is 13.7. The predicted molar refractivity (Wildman–Crippen MR) is 128 cm³/mol. The van der Waals surface area contributed by atoms with E-state index >= 15 is 0 Å². The summed E-state index contributed by atoms with van der Waals surface area (Å²) in [6.45, 7) is 2.15. The van der Waals surface area contributed by atoms with Gasteiger partial charge in [0, 0.05) is 48.8 Å². The predicted octanol–water partition coefficient (Wildman–Crippen LogP) is 5.42. The van der Waals surface area contributed by atoms with E-state index in [0.29, 0.717) is 24.8 Å². The maximum atomic E-state index is 13.7. The SMILES string of the molecule is COc1ccc2c(c(C(C)CC(=O)N3C(CCC#N)CC4CCCC3C4)nn2C)c1C1CC1. The van der Waals surface area contributed by atoms with Crippen LogP contribution in [0.5, 0.6) is 5.75 Å². The summed E-state index contributed by atoms with van der Waals surface area (Å²) in [5.41, 5.74) is 3.41. The zero-order chi connectivity index (χ0) is 23.1. The van der Waals surface area contributed by atoms with Crippen LogP contribution in [-0.2, 0) is 11.8 Å². The molecule has 6 heteroatoms. The number of amides is 1. The second-order valence-corrected chi connectivity index (χ2v) is 10.5. The van der Waals surface area contributed by atoms with Crippen molar-refractivity contribution in [3.8, 4) is 11.8 Å². The van der Waals surface area contributed by atoms with Crippen molar-refractivity contribution >= 4 is 16.8 Å². The first-order valence-electron chi connectivity index (χ1n) is 12.7. The number of rotatable bonds is 7. The van der Waals surface area contributed by atoms with Gasteiger partial charge in [0.25, 0.3) is 0 Å². The van der Waals surface area contributed by atoms with Crippen LogP contribution in [0.1, 0.15) is 94.2 Å². The number of ether oxygens (including phenoxy) is 1. The Labute approximate surface area is 196 Å². The van der Waals surface area contributed by atoms with Crippen molar-refractivity contribution < 1.29 is 9.53 Å². The van der Waals surface area contributed by atoms with Crippen LogP contribution in [0.3, 0.4) is 0 Å². The fourth-order valence-electron chi connectivity index (χ4n) is 6.58. The normalized spacial score (nSPS) is 25.6. The zero-order valence-electron chi connectivity index (χ0n) is 20.2. The first-order valence-corrected chi connectivity index (χ1v) is 12.7. The fourth-order valence-corrected chi connectivity index (χ4v) is 6.58. The number of aryl methyl sites for hydroxylation is 1. The van der Waals surface area contributed by atoms with Crippen molar-refractivity contribution in [2.24, 2.45) is 13.0 Å².